The van der Waals surface area contributed by atoms with E-state index in [2.05, 4.69) is 9.46 Å². The Labute approximate surface area is 117 Å². The van der Waals surface area contributed by atoms with E-state index in [1.54, 1.807) is 6.92 Å². The van der Waals surface area contributed by atoms with Crippen molar-refractivity contribution < 1.29 is 17.9 Å². The molecule has 1 heterocycles. The predicted molar refractivity (Wildman–Crippen MR) is 74.1 cm³/mol. The molecular weight excluding hydrogens is 288 g/mol. The van der Waals surface area contributed by atoms with Gasteiger partial charge in [-0.05, 0) is 18.4 Å². The molecule has 0 saturated heterocycles. The topological polar surface area (TPSA) is 75.7 Å². The van der Waals surface area contributed by atoms with Gasteiger partial charge >= 0.3 is 5.97 Å². The van der Waals surface area contributed by atoms with Gasteiger partial charge in [0.15, 0.2) is 0 Å². The Morgan fingerprint density at radius 1 is 1.58 bits per heavy atom. The molecule has 0 fully saturated rings. The van der Waals surface area contributed by atoms with Crippen molar-refractivity contribution in [3.8, 4) is 0 Å². The summed E-state index contributed by atoms with van der Waals surface area (Å²) in [5, 5.41) is 1.89. The van der Waals surface area contributed by atoms with Gasteiger partial charge in [0.2, 0.25) is 0 Å². The van der Waals surface area contributed by atoms with Crippen LogP contribution in [-0.4, -0.2) is 39.4 Å². The Hall–Kier alpha value is -0.960. The number of methoxy groups -OCH3 is 1. The van der Waals surface area contributed by atoms with Gasteiger partial charge in [0.1, 0.15) is 0 Å². The molecule has 8 heteroatoms. The van der Waals surface area contributed by atoms with Crippen LogP contribution in [0.3, 0.4) is 0 Å². The fourth-order valence-corrected chi connectivity index (χ4v) is 3.27. The first-order valence-electron chi connectivity index (χ1n) is 5.70. The minimum Gasteiger partial charge on any atom is -0.469 e. The quantitative estimate of drug-likeness (QED) is 0.766. The lowest BCUT2D eigenvalue weighted by atomic mass is 10.3. The maximum absolute atomic E-state index is 12.0. The number of carbonyl (C=O) groups is 1. The highest BCUT2D eigenvalue weighted by molar-refractivity contribution is 7.87. The molecule has 0 aliphatic rings. The third-order valence-corrected chi connectivity index (χ3v) is 5.27. The van der Waals surface area contributed by atoms with Gasteiger partial charge in [-0.25, -0.2) is 0 Å². The number of carbonyl (C=O) groups excluding carboxylic acids is 1. The zero-order valence-electron chi connectivity index (χ0n) is 11.1. The molecule has 108 valence electrons. The van der Waals surface area contributed by atoms with E-state index in [-0.39, 0.29) is 19.0 Å². The number of hydrogen-bond acceptors (Lipinski definition) is 5. The first-order valence-corrected chi connectivity index (χ1v) is 8.02. The van der Waals surface area contributed by atoms with Gasteiger partial charge in [0.05, 0.1) is 19.6 Å². The lowest BCUT2D eigenvalue weighted by Gasteiger charge is -2.20. The van der Waals surface area contributed by atoms with Crippen LogP contribution in [0.1, 0.15) is 24.3 Å². The molecule has 0 bridgehead atoms. The summed E-state index contributed by atoms with van der Waals surface area (Å²) in [6.45, 7) is 1.86. The van der Waals surface area contributed by atoms with Gasteiger partial charge in [-0.3, -0.25) is 4.79 Å². The Morgan fingerprint density at radius 2 is 2.26 bits per heavy atom. The number of nitrogens with zero attached hydrogens (tertiary/aromatic N) is 1. The number of rotatable bonds is 7. The standard InChI is InChI=1S/C11H18N2O4S2/c1-9(10-5-4-8-18-10)12-19(15,16)13(2)7-6-11(14)17-3/h4-5,8-9,12H,6-7H2,1-3H3. The van der Waals surface area contributed by atoms with E-state index < -0.39 is 16.2 Å². The molecule has 1 aromatic heterocycles. The molecule has 0 amide bonds. The molecule has 1 rings (SSSR count). The second-order valence-corrected chi connectivity index (χ2v) is 6.80. The van der Waals surface area contributed by atoms with Crippen molar-refractivity contribution in [3.05, 3.63) is 22.4 Å². The number of nitrogens with one attached hydrogen (secondary N) is 1. The summed E-state index contributed by atoms with van der Waals surface area (Å²) in [7, 11) is -0.912. The average molecular weight is 306 g/mol. The van der Waals surface area contributed by atoms with E-state index in [1.807, 2.05) is 17.5 Å². The van der Waals surface area contributed by atoms with Gasteiger partial charge < -0.3 is 4.74 Å². The minimum atomic E-state index is -3.61. The molecule has 1 aromatic rings. The highest BCUT2D eigenvalue weighted by Gasteiger charge is 2.21. The van der Waals surface area contributed by atoms with E-state index in [1.165, 1.54) is 25.5 Å². The number of ether oxygens (including phenoxy) is 1. The highest BCUT2D eigenvalue weighted by Crippen LogP contribution is 2.19. The molecule has 1 atom stereocenters. The summed E-state index contributed by atoms with van der Waals surface area (Å²) in [4.78, 5) is 11.9. The molecule has 0 aliphatic carbocycles. The molecule has 6 nitrogen and oxygen atoms in total. The summed E-state index contributed by atoms with van der Waals surface area (Å²) in [5.41, 5.74) is 0. The first kappa shape index (κ1) is 16.1. The molecule has 0 aromatic carbocycles. The summed E-state index contributed by atoms with van der Waals surface area (Å²) >= 11 is 1.49. The van der Waals surface area contributed by atoms with Crippen LogP contribution < -0.4 is 4.72 Å². The van der Waals surface area contributed by atoms with Crippen LogP contribution in [0.4, 0.5) is 0 Å². The van der Waals surface area contributed by atoms with Crippen LogP contribution in [0.2, 0.25) is 0 Å². The predicted octanol–water partition coefficient (Wildman–Crippen LogP) is 1.14. The zero-order valence-corrected chi connectivity index (χ0v) is 12.8. The Kier molecular flexibility index (Phi) is 5.92. The first-order chi connectivity index (χ1) is 8.86. The second-order valence-electron chi connectivity index (χ2n) is 4.01. The van der Waals surface area contributed by atoms with Crippen LogP contribution in [-0.2, 0) is 19.7 Å². The third-order valence-electron chi connectivity index (χ3n) is 2.56. The molecule has 1 unspecified atom stereocenters. The maximum atomic E-state index is 12.0. The van der Waals surface area contributed by atoms with Crippen molar-refractivity contribution in [2.45, 2.75) is 19.4 Å². The van der Waals surface area contributed by atoms with Gasteiger partial charge in [0.25, 0.3) is 10.2 Å². The van der Waals surface area contributed by atoms with Crippen molar-refractivity contribution >= 4 is 27.5 Å². The van der Waals surface area contributed by atoms with Crippen molar-refractivity contribution in [3.63, 3.8) is 0 Å². The molecule has 1 N–H and O–H groups in total. The molecule has 0 saturated carbocycles. The lowest BCUT2D eigenvalue weighted by Crippen LogP contribution is -2.40. The zero-order chi connectivity index (χ0) is 14.5. The van der Waals surface area contributed by atoms with E-state index >= 15 is 0 Å². The smallest absolute Gasteiger partial charge is 0.306 e. The Balaban J connectivity index is 2.57. The Morgan fingerprint density at radius 3 is 2.79 bits per heavy atom. The number of esters is 1. The van der Waals surface area contributed by atoms with E-state index in [0.29, 0.717) is 0 Å². The normalized spacial score (nSPS) is 13.5. The summed E-state index contributed by atoms with van der Waals surface area (Å²) < 4.78 is 32.1. The molecule has 0 aliphatic heterocycles. The van der Waals surface area contributed by atoms with Crippen LogP contribution in [0.25, 0.3) is 0 Å². The Bertz CT molecular complexity index is 499. The average Bonchev–Trinajstić information content (AvgIpc) is 2.88. The largest absolute Gasteiger partial charge is 0.469 e. The van der Waals surface area contributed by atoms with E-state index in [9.17, 15) is 13.2 Å². The second kappa shape index (κ2) is 6.99. The molecule has 0 radical (unpaired) electrons. The highest BCUT2D eigenvalue weighted by atomic mass is 32.2. The van der Waals surface area contributed by atoms with Crippen molar-refractivity contribution in [1.29, 1.82) is 0 Å². The summed E-state index contributed by atoms with van der Waals surface area (Å²) in [5.74, 6) is -0.437. The van der Waals surface area contributed by atoms with Crippen LogP contribution in [0.15, 0.2) is 17.5 Å². The van der Waals surface area contributed by atoms with Crippen molar-refractivity contribution in [2.75, 3.05) is 20.7 Å². The maximum Gasteiger partial charge on any atom is 0.306 e. The van der Waals surface area contributed by atoms with Gasteiger partial charge in [-0.2, -0.15) is 17.4 Å². The molecule has 19 heavy (non-hydrogen) atoms. The fraction of sp³-hybridized carbons (Fsp3) is 0.545. The summed E-state index contributed by atoms with van der Waals surface area (Å²) in [6.07, 6.45) is 0.0291. The monoisotopic (exact) mass is 306 g/mol. The molecule has 0 spiro atoms. The SMILES string of the molecule is COC(=O)CCN(C)S(=O)(=O)NC(C)c1cccs1. The van der Waals surface area contributed by atoms with Gasteiger partial charge in [-0.15, -0.1) is 11.3 Å². The van der Waals surface area contributed by atoms with Gasteiger partial charge in [0, 0.05) is 18.5 Å². The van der Waals surface area contributed by atoms with E-state index in [0.717, 1.165) is 9.18 Å². The fourth-order valence-electron chi connectivity index (χ4n) is 1.38. The van der Waals surface area contributed by atoms with Crippen LogP contribution >= 0.6 is 11.3 Å². The summed E-state index contributed by atoms with van der Waals surface area (Å²) in [6, 6.07) is 3.43. The lowest BCUT2D eigenvalue weighted by molar-refractivity contribution is -0.140. The number of thiophene rings is 1. The van der Waals surface area contributed by atoms with E-state index in [4.69, 9.17) is 0 Å². The van der Waals surface area contributed by atoms with Crippen molar-refractivity contribution in [1.82, 2.24) is 9.03 Å². The number of hydrogen-bond donors (Lipinski definition) is 1. The van der Waals surface area contributed by atoms with Gasteiger partial charge in [-0.1, -0.05) is 6.07 Å². The van der Waals surface area contributed by atoms with Crippen LogP contribution in [0, 0.1) is 0 Å². The molecular formula is C11H18N2O4S2. The van der Waals surface area contributed by atoms with Crippen molar-refractivity contribution in [2.24, 2.45) is 0 Å². The minimum absolute atomic E-state index is 0.0291. The third kappa shape index (κ3) is 4.90. The van der Waals surface area contributed by atoms with Crippen LogP contribution in [0.5, 0.6) is 0 Å².